The van der Waals surface area contributed by atoms with E-state index < -0.39 is 0 Å². The molecule has 1 aromatic carbocycles. The first-order valence-electron chi connectivity index (χ1n) is 9.04. The standard InChI is InChI=1S/C20H26N2O2/c1-23-18-4-3-16(8-19(18)24-2)17(12-21)22-20-9-13-5-14(10-20)7-15(6-13)11-20/h3-4,8,13-15,17,22H,5-7,9-11H2,1-2H3/t13?,14?,15?,17-,20?/m0/s1. The van der Waals surface area contributed by atoms with Crippen LogP contribution < -0.4 is 14.8 Å². The van der Waals surface area contributed by atoms with Gasteiger partial charge in [0.05, 0.1) is 20.3 Å². The van der Waals surface area contributed by atoms with E-state index in [1.165, 1.54) is 38.5 Å². The van der Waals surface area contributed by atoms with Crippen molar-refractivity contribution in [2.24, 2.45) is 17.8 Å². The Morgan fingerprint density at radius 1 is 1.04 bits per heavy atom. The van der Waals surface area contributed by atoms with Crippen LogP contribution in [0.1, 0.15) is 50.1 Å². The lowest BCUT2D eigenvalue weighted by molar-refractivity contribution is -0.0227. The van der Waals surface area contributed by atoms with Gasteiger partial charge in [-0.2, -0.15) is 5.26 Å². The molecule has 0 radical (unpaired) electrons. The highest BCUT2D eigenvalue weighted by atomic mass is 16.5. The minimum Gasteiger partial charge on any atom is -0.493 e. The van der Waals surface area contributed by atoms with Crippen LogP contribution in [-0.2, 0) is 0 Å². The molecule has 0 amide bonds. The normalized spacial score (nSPS) is 34.6. The second kappa shape index (κ2) is 5.97. The summed E-state index contributed by atoms with van der Waals surface area (Å²) in [5.74, 6) is 3.99. The Morgan fingerprint density at radius 2 is 1.62 bits per heavy atom. The molecule has 0 heterocycles. The molecular formula is C20H26N2O2. The van der Waals surface area contributed by atoms with Gasteiger partial charge in [0.1, 0.15) is 6.04 Å². The molecule has 0 spiro atoms. The molecule has 4 aliphatic carbocycles. The predicted molar refractivity (Wildman–Crippen MR) is 91.9 cm³/mol. The van der Waals surface area contributed by atoms with Crippen molar-refractivity contribution in [3.63, 3.8) is 0 Å². The molecule has 1 N–H and O–H groups in total. The van der Waals surface area contributed by atoms with Crippen molar-refractivity contribution < 1.29 is 9.47 Å². The SMILES string of the molecule is COc1ccc([C@H](C#N)NC23CC4CC(CC(C4)C2)C3)cc1OC. The number of benzene rings is 1. The maximum atomic E-state index is 9.79. The Bertz CT molecular complexity index is 629. The zero-order chi connectivity index (χ0) is 16.7. The molecule has 1 atom stereocenters. The third-order valence-corrected chi connectivity index (χ3v) is 6.36. The molecule has 4 bridgehead atoms. The van der Waals surface area contributed by atoms with Gasteiger partial charge < -0.3 is 9.47 Å². The Morgan fingerprint density at radius 3 is 2.12 bits per heavy atom. The highest BCUT2D eigenvalue weighted by Crippen LogP contribution is 2.56. The molecule has 0 saturated heterocycles. The van der Waals surface area contributed by atoms with Gasteiger partial charge in [-0.15, -0.1) is 0 Å². The number of nitrogens with one attached hydrogen (secondary N) is 1. The number of ether oxygens (including phenoxy) is 2. The summed E-state index contributed by atoms with van der Waals surface area (Å²) in [5.41, 5.74) is 1.13. The summed E-state index contributed by atoms with van der Waals surface area (Å²) >= 11 is 0. The van der Waals surface area contributed by atoms with Gasteiger partial charge in [0.2, 0.25) is 0 Å². The molecular weight excluding hydrogens is 300 g/mol. The van der Waals surface area contributed by atoms with Gasteiger partial charge in [-0.1, -0.05) is 6.07 Å². The zero-order valence-electron chi connectivity index (χ0n) is 14.5. The van der Waals surface area contributed by atoms with Crippen LogP contribution >= 0.6 is 0 Å². The van der Waals surface area contributed by atoms with E-state index >= 15 is 0 Å². The van der Waals surface area contributed by atoms with Crippen LogP contribution in [0.25, 0.3) is 0 Å². The first-order valence-corrected chi connectivity index (χ1v) is 9.04. The Labute approximate surface area is 144 Å². The zero-order valence-corrected chi connectivity index (χ0v) is 14.5. The van der Waals surface area contributed by atoms with Crippen LogP contribution in [-0.4, -0.2) is 19.8 Å². The summed E-state index contributed by atoms with van der Waals surface area (Å²) in [4.78, 5) is 0. The summed E-state index contributed by atoms with van der Waals surface area (Å²) < 4.78 is 10.7. The first kappa shape index (κ1) is 15.8. The second-order valence-corrected chi connectivity index (χ2v) is 8.02. The summed E-state index contributed by atoms with van der Waals surface area (Å²) in [6.07, 6.45) is 7.96. The lowest BCUT2D eigenvalue weighted by Gasteiger charge is -2.57. The Kier molecular flexibility index (Phi) is 3.92. The first-order chi connectivity index (χ1) is 11.6. The van der Waals surface area contributed by atoms with Crippen LogP contribution in [0, 0.1) is 29.1 Å². The fourth-order valence-corrected chi connectivity index (χ4v) is 5.82. The molecule has 4 fully saturated rings. The van der Waals surface area contributed by atoms with E-state index in [1.54, 1.807) is 14.2 Å². The minimum absolute atomic E-state index is 0.169. The topological polar surface area (TPSA) is 54.3 Å². The fraction of sp³-hybridized carbons (Fsp3) is 0.650. The molecule has 4 saturated carbocycles. The van der Waals surface area contributed by atoms with Gasteiger partial charge >= 0.3 is 0 Å². The second-order valence-electron chi connectivity index (χ2n) is 8.02. The van der Waals surface area contributed by atoms with Crippen molar-refractivity contribution in [3.8, 4) is 17.6 Å². The molecule has 4 aliphatic rings. The van der Waals surface area contributed by atoms with Crippen LogP contribution in [0.15, 0.2) is 18.2 Å². The number of nitriles is 1. The quantitative estimate of drug-likeness (QED) is 0.893. The number of hydrogen-bond acceptors (Lipinski definition) is 4. The maximum Gasteiger partial charge on any atom is 0.161 e. The van der Waals surface area contributed by atoms with Gasteiger partial charge in [-0.05, 0) is 74.0 Å². The average molecular weight is 326 g/mol. The highest BCUT2D eigenvalue weighted by molar-refractivity contribution is 5.45. The number of nitrogens with zero attached hydrogens (tertiary/aromatic N) is 1. The van der Waals surface area contributed by atoms with Gasteiger partial charge in [-0.3, -0.25) is 5.32 Å². The van der Waals surface area contributed by atoms with Crippen LogP contribution in [0.2, 0.25) is 0 Å². The third-order valence-electron chi connectivity index (χ3n) is 6.36. The van der Waals surface area contributed by atoms with E-state index in [0.717, 1.165) is 23.3 Å². The average Bonchev–Trinajstić information content (AvgIpc) is 2.58. The minimum atomic E-state index is -0.291. The fourth-order valence-electron chi connectivity index (χ4n) is 5.82. The van der Waals surface area contributed by atoms with Gasteiger partial charge in [0.15, 0.2) is 11.5 Å². The number of hydrogen-bond donors (Lipinski definition) is 1. The summed E-state index contributed by atoms with van der Waals surface area (Å²) in [7, 11) is 3.27. The smallest absolute Gasteiger partial charge is 0.161 e. The van der Waals surface area contributed by atoms with Crippen molar-refractivity contribution >= 4 is 0 Å². The molecule has 1 aromatic rings. The Hall–Kier alpha value is -1.73. The van der Waals surface area contributed by atoms with Crippen molar-refractivity contribution in [1.82, 2.24) is 5.32 Å². The van der Waals surface area contributed by atoms with E-state index in [2.05, 4.69) is 11.4 Å². The molecule has 5 rings (SSSR count). The van der Waals surface area contributed by atoms with E-state index in [9.17, 15) is 5.26 Å². The maximum absolute atomic E-state index is 9.79. The molecule has 0 aliphatic heterocycles. The molecule has 0 aromatic heterocycles. The molecule has 4 heteroatoms. The van der Waals surface area contributed by atoms with Crippen LogP contribution in [0.3, 0.4) is 0 Å². The van der Waals surface area contributed by atoms with Crippen LogP contribution in [0.5, 0.6) is 11.5 Å². The monoisotopic (exact) mass is 326 g/mol. The summed E-state index contributed by atoms with van der Waals surface area (Å²) in [6, 6.07) is 7.98. The van der Waals surface area contributed by atoms with E-state index in [1.807, 2.05) is 18.2 Å². The Balaban J connectivity index is 1.58. The van der Waals surface area contributed by atoms with Crippen molar-refractivity contribution in [2.45, 2.75) is 50.1 Å². The third kappa shape index (κ3) is 2.65. The van der Waals surface area contributed by atoms with E-state index in [-0.39, 0.29) is 11.6 Å². The summed E-state index contributed by atoms with van der Waals surface area (Å²) in [5, 5.41) is 13.5. The van der Waals surface area contributed by atoms with E-state index in [4.69, 9.17) is 9.47 Å². The lowest BCUT2D eigenvalue weighted by atomic mass is 9.53. The highest BCUT2D eigenvalue weighted by Gasteiger charge is 2.51. The van der Waals surface area contributed by atoms with Gasteiger partial charge in [0.25, 0.3) is 0 Å². The molecule has 4 nitrogen and oxygen atoms in total. The van der Waals surface area contributed by atoms with Crippen molar-refractivity contribution in [2.75, 3.05) is 14.2 Å². The van der Waals surface area contributed by atoms with E-state index in [0.29, 0.717) is 11.5 Å². The molecule has 0 unspecified atom stereocenters. The lowest BCUT2D eigenvalue weighted by Crippen LogP contribution is -2.58. The molecule has 128 valence electrons. The van der Waals surface area contributed by atoms with Crippen molar-refractivity contribution in [1.29, 1.82) is 5.26 Å². The molecule has 24 heavy (non-hydrogen) atoms. The van der Waals surface area contributed by atoms with Crippen LogP contribution in [0.4, 0.5) is 0 Å². The van der Waals surface area contributed by atoms with Gasteiger partial charge in [-0.25, -0.2) is 0 Å². The van der Waals surface area contributed by atoms with Gasteiger partial charge in [0, 0.05) is 5.54 Å². The summed E-state index contributed by atoms with van der Waals surface area (Å²) in [6.45, 7) is 0. The largest absolute Gasteiger partial charge is 0.493 e. The number of rotatable bonds is 5. The number of methoxy groups -OCH3 is 2. The van der Waals surface area contributed by atoms with Crippen molar-refractivity contribution in [3.05, 3.63) is 23.8 Å². The predicted octanol–water partition coefficient (Wildman–Crippen LogP) is 3.83.